The molecule has 0 saturated carbocycles. The monoisotopic (exact) mass is 167 g/mol. The second-order valence-corrected chi connectivity index (χ2v) is 3.60. The predicted molar refractivity (Wildman–Crippen MR) is 57.0 cm³/mol. The molecule has 0 heteroatoms. The Hall–Kier alpha value is -0.260. The maximum absolute atomic E-state index is 3.86. The van der Waals surface area contributed by atoms with Gasteiger partial charge in [-0.05, 0) is 25.7 Å². The van der Waals surface area contributed by atoms with Crippen molar-refractivity contribution in [1.82, 2.24) is 0 Å². The third-order valence-corrected chi connectivity index (χ3v) is 2.25. The molecule has 0 bridgehead atoms. The zero-order valence-electron chi connectivity index (χ0n) is 8.68. The molecule has 0 aliphatic rings. The average molecular weight is 167 g/mol. The van der Waals surface area contributed by atoms with Gasteiger partial charge < -0.3 is 0 Å². The molecule has 71 valence electrons. The van der Waals surface area contributed by atoms with Crippen LogP contribution >= 0.6 is 0 Å². The van der Waals surface area contributed by atoms with Crippen LogP contribution in [0, 0.1) is 12.8 Å². The third kappa shape index (κ3) is 7.84. The predicted octanol–water partition coefficient (Wildman–Crippen LogP) is 4.37. The van der Waals surface area contributed by atoms with Gasteiger partial charge in [-0.25, -0.2) is 0 Å². The van der Waals surface area contributed by atoms with Crippen LogP contribution in [-0.4, -0.2) is 0 Å². The van der Waals surface area contributed by atoms with E-state index in [1.54, 1.807) is 0 Å². The van der Waals surface area contributed by atoms with Crippen LogP contribution in [0.4, 0.5) is 0 Å². The highest BCUT2D eigenvalue weighted by Crippen LogP contribution is 2.14. The first-order valence-corrected chi connectivity index (χ1v) is 5.21. The number of hydrogen-bond acceptors (Lipinski definition) is 0. The molecule has 12 heavy (non-hydrogen) atoms. The number of allylic oxidation sites excluding steroid dienone is 2. The van der Waals surface area contributed by atoms with Crippen LogP contribution < -0.4 is 0 Å². The first-order chi connectivity index (χ1) is 5.81. The minimum atomic E-state index is 0.900. The van der Waals surface area contributed by atoms with Crippen molar-refractivity contribution in [2.24, 2.45) is 5.92 Å². The summed E-state index contributed by atoms with van der Waals surface area (Å²) in [5.41, 5.74) is 0. The molecular weight excluding hydrogens is 144 g/mol. The van der Waals surface area contributed by atoms with Crippen molar-refractivity contribution in [1.29, 1.82) is 0 Å². The molecule has 1 radical (unpaired) electrons. The SMILES string of the molecule is [CH2]CCCC(C)CCC/C=C/C. The van der Waals surface area contributed by atoms with Gasteiger partial charge >= 0.3 is 0 Å². The Kier molecular flexibility index (Phi) is 8.64. The van der Waals surface area contributed by atoms with E-state index in [1.807, 2.05) is 0 Å². The summed E-state index contributed by atoms with van der Waals surface area (Å²) in [6.45, 7) is 8.30. The first kappa shape index (κ1) is 11.7. The van der Waals surface area contributed by atoms with Crippen molar-refractivity contribution in [3.63, 3.8) is 0 Å². The van der Waals surface area contributed by atoms with Crippen LogP contribution in [0.3, 0.4) is 0 Å². The lowest BCUT2D eigenvalue weighted by Gasteiger charge is -2.08. The largest absolute Gasteiger partial charge is 0.0917 e. The third-order valence-electron chi connectivity index (χ3n) is 2.25. The normalized spacial score (nSPS) is 13.9. The Balaban J connectivity index is 3.13. The zero-order valence-corrected chi connectivity index (χ0v) is 8.68. The van der Waals surface area contributed by atoms with E-state index in [2.05, 4.69) is 32.9 Å². The highest BCUT2D eigenvalue weighted by molar-refractivity contribution is 4.76. The van der Waals surface area contributed by atoms with Gasteiger partial charge in [-0.3, -0.25) is 0 Å². The minimum absolute atomic E-state index is 0.900. The molecule has 0 heterocycles. The fourth-order valence-electron chi connectivity index (χ4n) is 1.39. The fourth-order valence-corrected chi connectivity index (χ4v) is 1.39. The molecule has 0 aliphatic heterocycles. The molecule has 0 amide bonds. The summed E-state index contributed by atoms with van der Waals surface area (Å²) in [5.74, 6) is 0.900. The van der Waals surface area contributed by atoms with E-state index >= 15 is 0 Å². The van der Waals surface area contributed by atoms with Crippen LogP contribution in [0.5, 0.6) is 0 Å². The van der Waals surface area contributed by atoms with Crippen LogP contribution in [0.25, 0.3) is 0 Å². The van der Waals surface area contributed by atoms with E-state index in [4.69, 9.17) is 0 Å². The van der Waals surface area contributed by atoms with Crippen molar-refractivity contribution in [2.75, 3.05) is 0 Å². The molecule has 0 aromatic carbocycles. The van der Waals surface area contributed by atoms with Gasteiger partial charge in [-0.2, -0.15) is 0 Å². The van der Waals surface area contributed by atoms with Crippen molar-refractivity contribution >= 4 is 0 Å². The lowest BCUT2D eigenvalue weighted by atomic mass is 9.98. The van der Waals surface area contributed by atoms with Gasteiger partial charge in [0, 0.05) is 0 Å². The Morgan fingerprint density at radius 2 is 1.92 bits per heavy atom. The van der Waals surface area contributed by atoms with E-state index in [9.17, 15) is 0 Å². The molecule has 0 saturated heterocycles. The molecule has 1 atom stereocenters. The van der Waals surface area contributed by atoms with Crippen LogP contribution in [0.2, 0.25) is 0 Å². The van der Waals surface area contributed by atoms with Gasteiger partial charge in [0.1, 0.15) is 0 Å². The quantitative estimate of drug-likeness (QED) is 0.390. The number of rotatable bonds is 7. The van der Waals surface area contributed by atoms with E-state index in [1.165, 1.54) is 32.1 Å². The zero-order chi connectivity index (χ0) is 9.23. The Morgan fingerprint density at radius 3 is 2.50 bits per heavy atom. The minimum Gasteiger partial charge on any atom is -0.0917 e. The van der Waals surface area contributed by atoms with E-state index in [0.29, 0.717) is 0 Å². The Bertz CT molecular complexity index is 103. The summed E-state index contributed by atoms with van der Waals surface area (Å²) in [7, 11) is 0. The highest BCUT2D eigenvalue weighted by atomic mass is 14.0. The number of hydrogen-bond donors (Lipinski definition) is 0. The standard InChI is InChI=1S/C12H23/c1-4-6-8-9-11-12(3)10-7-5-2/h4,6,12H,2,5,7-11H2,1,3H3/b6-4+. The molecule has 0 aliphatic carbocycles. The second kappa shape index (κ2) is 8.83. The van der Waals surface area contributed by atoms with E-state index in [0.717, 1.165) is 12.3 Å². The maximum atomic E-state index is 3.86. The molecule has 1 unspecified atom stereocenters. The van der Waals surface area contributed by atoms with Crippen LogP contribution in [0.1, 0.15) is 52.4 Å². The molecule has 0 aromatic rings. The van der Waals surface area contributed by atoms with Crippen molar-refractivity contribution in [3.8, 4) is 0 Å². The second-order valence-electron chi connectivity index (χ2n) is 3.60. The molecular formula is C12H23. The Morgan fingerprint density at radius 1 is 1.25 bits per heavy atom. The summed E-state index contributed by atoms with van der Waals surface area (Å²) in [4.78, 5) is 0. The lowest BCUT2D eigenvalue weighted by Crippen LogP contribution is -1.93. The smallest absolute Gasteiger partial charge is 0.0351 e. The lowest BCUT2D eigenvalue weighted by molar-refractivity contribution is 0.463. The summed E-state index contributed by atoms with van der Waals surface area (Å²) in [5, 5.41) is 0. The molecule has 0 spiro atoms. The van der Waals surface area contributed by atoms with E-state index < -0.39 is 0 Å². The van der Waals surface area contributed by atoms with Gasteiger partial charge in [0.2, 0.25) is 0 Å². The molecule has 0 N–H and O–H groups in total. The van der Waals surface area contributed by atoms with Crippen LogP contribution in [-0.2, 0) is 0 Å². The van der Waals surface area contributed by atoms with Crippen molar-refractivity contribution < 1.29 is 0 Å². The average Bonchev–Trinajstić information content (AvgIpc) is 2.09. The summed E-state index contributed by atoms with van der Waals surface area (Å²) < 4.78 is 0. The van der Waals surface area contributed by atoms with Gasteiger partial charge in [0.15, 0.2) is 0 Å². The fraction of sp³-hybridized carbons (Fsp3) is 0.750. The van der Waals surface area contributed by atoms with Crippen molar-refractivity contribution in [2.45, 2.75) is 52.4 Å². The molecule has 0 rings (SSSR count). The molecule has 0 fully saturated rings. The van der Waals surface area contributed by atoms with Crippen LogP contribution in [0.15, 0.2) is 12.2 Å². The van der Waals surface area contributed by atoms with Crippen molar-refractivity contribution in [3.05, 3.63) is 19.1 Å². The Labute approximate surface area is 78.1 Å². The summed E-state index contributed by atoms with van der Waals surface area (Å²) in [6.07, 6.45) is 12.1. The topological polar surface area (TPSA) is 0 Å². The molecule has 0 nitrogen and oxygen atoms in total. The highest BCUT2D eigenvalue weighted by Gasteiger charge is 1.99. The van der Waals surface area contributed by atoms with Gasteiger partial charge in [-0.1, -0.05) is 51.7 Å². The number of unbranched alkanes of at least 4 members (excludes halogenated alkanes) is 2. The summed E-state index contributed by atoms with van der Waals surface area (Å²) in [6, 6.07) is 0. The van der Waals surface area contributed by atoms with Gasteiger partial charge in [0.05, 0.1) is 0 Å². The van der Waals surface area contributed by atoms with Gasteiger partial charge in [-0.15, -0.1) is 0 Å². The summed E-state index contributed by atoms with van der Waals surface area (Å²) >= 11 is 0. The van der Waals surface area contributed by atoms with Gasteiger partial charge in [0.25, 0.3) is 0 Å². The first-order valence-electron chi connectivity index (χ1n) is 5.21. The van der Waals surface area contributed by atoms with E-state index in [-0.39, 0.29) is 0 Å². The maximum Gasteiger partial charge on any atom is -0.0351 e. The molecule has 0 aromatic heterocycles.